The molecule has 4 aliphatic carbocycles. The van der Waals surface area contributed by atoms with Gasteiger partial charge in [-0.3, -0.25) is 19.1 Å². The summed E-state index contributed by atoms with van der Waals surface area (Å²) >= 11 is 6.31. The summed E-state index contributed by atoms with van der Waals surface area (Å²) in [6.07, 6.45) is -3.14. The summed E-state index contributed by atoms with van der Waals surface area (Å²) < 4.78 is 83.9. The molecular formula is C36H43ClF3N5O9S. The number of halogens is 4. The molecule has 55 heavy (non-hydrogen) atoms. The van der Waals surface area contributed by atoms with E-state index in [9.17, 15) is 40.8 Å². The highest BCUT2D eigenvalue weighted by Crippen LogP contribution is 2.57. The number of likely N-dealkylation sites (tertiary alicyclic amines) is 1. The van der Waals surface area contributed by atoms with E-state index in [2.05, 4.69) is 25.1 Å². The van der Waals surface area contributed by atoms with Gasteiger partial charge in [0.2, 0.25) is 27.7 Å². The maximum Gasteiger partial charge on any atom is 0.425 e. The summed E-state index contributed by atoms with van der Waals surface area (Å²) in [6.45, 7) is 0.473. The van der Waals surface area contributed by atoms with Crippen molar-refractivity contribution in [3.63, 3.8) is 0 Å². The van der Waals surface area contributed by atoms with E-state index >= 15 is 0 Å². The van der Waals surface area contributed by atoms with Crippen molar-refractivity contribution in [2.75, 3.05) is 13.7 Å². The summed E-state index contributed by atoms with van der Waals surface area (Å²) in [5, 5.41) is 6.01. The number of hydrogen-bond donors (Lipinski definition) is 3. The molecule has 14 nitrogen and oxygen atoms in total. The van der Waals surface area contributed by atoms with Crippen molar-refractivity contribution >= 4 is 56.2 Å². The molecular weight excluding hydrogens is 771 g/mol. The van der Waals surface area contributed by atoms with Gasteiger partial charge in [0.25, 0.3) is 5.91 Å². The Morgan fingerprint density at radius 3 is 2.40 bits per heavy atom. The number of alkyl halides is 3. The van der Waals surface area contributed by atoms with Crippen LogP contribution in [0.25, 0.3) is 10.8 Å². The second-order valence-electron chi connectivity index (χ2n) is 15.3. The predicted molar refractivity (Wildman–Crippen MR) is 191 cm³/mol. The topological polar surface area (TPSA) is 182 Å². The maximum atomic E-state index is 14.6. The standard InChI is InChI=1S/C36H43ClF3N5O9S/c1-18(36(38,39)40)53-34(49)42-29(20-5-3-4-6-20)32(47)45-17-22(54-31-25-13-21(37)9-12-24(25)28(52-2)16-41-31)14-27(45)30(46)43-35(15-26(35)19-7-8-19)33(48)44-55(50,51)23-10-11-23/h9,12-13,16,18-20,22-23,26-27,29H,3-8,10-11,14-15,17H2,1-2H3,(H,42,49)(H,43,46)(H,44,48)/t18-,22-,26+,27+,29+,35-/m1/s1. The maximum absolute atomic E-state index is 14.6. The van der Waals surface area contributed by atoms with E-state index in [4.69, 9.17) is 21.1 Å². The third-order valence-corrected chi connectivity index (χ3v) is 13.5. The molecule has 6 atom stereocenters. The molecule has 3 N–H and O–H groups in total. The van der Waals surface area contributed by atoms with E-state index < -0.39 is 81.0 Å². The molecule has 4 saturated carbocycles. The van der Waals surface area contributed by atoms with Gasteiger partial charge in [-0.1, -0.05) is 24.4 Å². The number of carbonyl (C=O) groups is 4. The lowest BCUT2D eigenvalue weighted by molar-refractivity contribution is -0.197. The first-order chi connectivity index (χ1) is 26.0. The summed E-state index contributed by atoms with van der Waals surface area (Å²) in [4.78, 5) is 61.1. The summed E-state index contributed by atoms with van der Waals surface area (Å²) in [6, 6.07) is 2.39. The first-order valence-corrected chi connectivity index (χ1v) is 20.4. The summed E-state index contributed by atoms with van der Waals surface area (Å²) in [5.41, 5.74) is -1.51. The Hall–Kier alpha value is -4.06. The van der Waals surface area contributed by atoms with Gasteiger partial charge in [0.05, 0.1) is 25.1 Å². The van der Waals surface area contributed by atoms with Crippen molar-refractivity contribution in [1.29, 1.82) is 0 Å². The van der Waals surface area contributed by atoms with E-state index in [0.29, 0.717) is 67.0 Å². The van der Waals surface area contributed by atoms with Crippen molar-refractivity contribution in [3.8, 4) is 11.6 Å². The molecule has 7 rings (SSSR count). The zero-order valence-electron chi connectivity index (χ0n) is 30.2. The van der Waals surface area contributed by atoms with Gasteiger partial charge in [0.15, 0.2) is 6.10 Å². The largest absolute Gasteiger partial charge is 0.494 e. The first kappa shape index (κ1) is 39.2. The van der Waals surface area contributed by atoms with Gasteiger partial charge in [0.1, 0.15) is 29.5 Å². The lowest BCUT2D eigenvalue weighted by Gasteiger charge is -2.32. The highest BCUT2D eigenvalue weighted by atomic mass is 35.5. The number of hydrogen-bond acceptors (Lipinski definition) is 10. The molecule has 1 aliphatic heterocycles. The Kier molecular flexibility index (Phi) is 10.5. The third-order valence-electron chi connectivity index (χ3n) is 11.4. The second kappa shape index (κ2) is 14.8. The fourth-order valence-electron chi connectivity index (χ4n) is 8.00. The van der Waals surface area contributed by atoms with Crippen molar-refractivity contribution in [3.05, 3.63) is 29.4 Å². The van der Waals surface area contributed by atoms with Crippen LogP contribution in [-0.2, 0) is 29.1 Å². The van der Waals surface area contributed by atoms with Crippen LogP contribution in [0.5, 0.6) is 11.6 Å². The number of nitrogens with zero attached hydrogens (tertiary/aromatic N) is 2. The zero-order chi connectivity index (χ0) is 39.4. The molecule has 1 saturated heterocycles. The fourth-order valence-corrected chi connectivity index (χ4v) is 9.53. The Balaban J connectivity index is 1.18. The number of fused-ring (bicyclic) bond motifs is 1. The van der Waals surface area contributed by atoms with Gasteiger partial charge >= 0.3 is 12.3 Å². The third kappa shape index (κ3) is 8.25. The van der Waals surface area contributed by atoms with Crippen LogP contribution in [0, 0.1) is 17.8 Å². The van der Waals surface area contributed by atoms with Crippen molar-refractivity contribution in [2.24, 2.45) is 17.8 Å². The molecule has 4 amide bonds. The quantitative estimate of drug-likeness (QED) is 0.263. The molecule has 0 bridgehead atoms. The van der Waals surface area contributed by atoms with Crippen LogP contribution < -0.4 is 24.8 Å². The Bertz CT molecular complexity index is 1970. The molecule has 0 radical (unpaired) electrons. The molecule has 2 heterocycles. The van der Waals surface area contributed by atoms with Gasteiger partial charge in [-0.15, -0.1) is 0 Å². The molecule has 300 valence electrons. The van der Waals surface area contributed by atoms with Gasteiger partial charge in [-0.2, -0.15) is 13.2 Å². The molecule has 5 fully saturated rings. The lowest BCUT2D eigenvalue weighted by Crippen LogP contribution is -2.59. The van der Waals surface area contributed by atoms with Crippen LogP contribution in [0.4, 0.5) is 18.0 Å². The normalized spacial score (nSPS) is 26.6. The van der Waals surface area contributed by atoms with Gasteiger partial charge in [0, 0.05) is 22.2 Å². The van der Waals surface area contributed by atoms with E-state index in [0.717, 1.165) is 12.8 Å². The van der Waals surface area contributed by atoms with Crippen LogP contribution in [-0.4, -0.2) is 97.0 Å². The number of methoxy groups -OCH3 is 1. The monoisotopic (exact) mass is 813 g/mol. The number of rotatable bonds is 13. The number of amides is 4. The number of carbonyl (C=O) groups excluding carboxylic acids is 4. The average Bonchev–Trinajstić information content (AvgIpc) is 4.07. The van der Waals surface area contributed by atoms with Gasteiger partial charge in [-0.05, 0) is 87.8 Å². The van der Waals surface area contributed by atoms with Gasteiger partial charge < -0.3 is 29.7 Å². The number of aromatic nitrogens is 1. The Labute approximate surface area is 320 Å². The molecule has 19 heteroatoms. The van der Waals surface area contributed by atoms with Crippen LogP contribution in [0.15, 0.2) is 24.4 Å². The minimum atomic E-state index is -4.84. The Morgan fingerprint density at radius 2 is 1.76 bits per heavy atom. The molecule has 2 aromatic rings. The Morgan fingerprint density at radius 1 is 1.05 bits per heavy atom. The average molecular weight is 814 g/mol. The number of sulfonamides is 1. The molecule has 0 spiro atoms. The fraction of sp³-hybridized carbons (Fsp3) is 0.639. The van der Waals surface area contributed by atoms with Gasteiger partial charge in [-0.25, -0.2) is 18.2 Å². The number of pyridine rings is 1. The first-order valence-electron chi connectivity index (χ1n) is 18.5. The van der Waals surface area contributed by atoms with Crippen molar-refractivity contribution in [1.82, 2.24) is 25.2 Å². The number of ether oxygens (including phenoxy) is 3. The molecule has 1 aromatic heterocycles. The van der Waals surface area contributed by atoms with Crippen LogP contribution in [0.2, 0.25) is 5.02 Å². The second-order valence-corrected chi connectivity index (χ2v) is 17.7. The number of alkyl carbamates (subject to hydrolysis) is 1. The number of nitrogens with one attached hydrogen (secondary N) is 3. The number of benzene rings is 1. The predicted octanol–water partition coefficient (Wildman–Crippen LogP) is 4.37. The van der Waals surface area contributed by atoms with E-state index in [1.807, 2.05) is 0 Å². The molecule has 5 aliphatic rings. The van der Waals surface area contributed by atoms with Crippen molar-refractivity contribution in [2.45, 2.75) is 112 Å². The smallest absolute Gasteiger partial charge is 0.425 e. The highest BCUT2D eigenvalue weighted by Gasteiger charge is 2.67. The SMILES string of the molecule is COc1cnc(O[C@@H]2C[C@@H](C(=O)N[C@]3(C(=O)NS(=O)(=O)C4CC4)C[C@H]3C3CC3)N(C(=O)[C@@H](NC(=O)O[C@H](C)C(F)(F)F)C3CCCC3)C2)c2cc(Cl)ccc12. The highest BCUT2D eigenvalue weighted by molar-refractivity contribution is 7.91. The van der Waals surface area contributed by atoms with E-state index in [1.165, 1.54) is 18.2 Å². The lowest BCUT2D eigenvalue weighted by atomic mass is 9.96. The zero-order valence-corrected chi connectivity index (χ0v) is 31.8. The van der Waals surface area contributed by atoms with Crippen LogP contribution in [0.3, 0.4) is 0 Å². The van der Waals surface area contributed by atoms with E-state index in [-0.39, 0.29) is 37.1 Å². The van der Waals surface area contributed by atoms with E-state index in [1.54, 1.807) is 18.2 Å². The van der Waals surface area contributed by atoms with Crippen LogP contribution in [0.1, 0.15) is 71.1 Å². The minimum Gasteiger partial charge on any atom is -0.494 e. The summed E-state index contributed by atoms with van der Waals surface area (Å²) in [7, 11) is -2.46. The molecule has 1 aromatic carbocycles. The van der Waals surface area contributed by atoms with Crippen molar-refractivity contribution < 1.29 is 55.0 Å². The van der Waals surface area contributed by atoms with Crippen LogP contribution >= 0.6 is 11.6 Å². The summed E-state index contributed by atoms with van der Waals surface area (Å²) in [5.74, 6) is -2.39. The minimum absolute atomic E-state index is 0.105. The molecule has 0 unspecified atom stereocenters.